The van der Waals surface area contributed by atoms with E-state index in [-0.39, 0.29) is 0 Å². The Kier molecular flexibility index (Phi) is 3.75. The standard InChI is InChI=1S/C13H19N/c1-10(2)5-6-14-13-8-11(3)7-12(4)9-13/h5,7-9,14H,6H2,1-4H3. The van der Waals surface area contributed by atoms with Gasteiger partial charge < -0.3 is 5.32 Å². The summed E-state index contributed by atoms with van der Waals surface area (Å²) in [6.07, 6.45) is 2.19. The number of nitrogens with one attached hydrogen (secondary N) is 1. The number of rotatable bonds is 3. The number of aryl methyl sites for hydroxylation is 2. The molecule has 76 valence electrons. The molecular weight excluding hydrogens is 170 g/mol. The monoisotopic (exact) mass is 189 g/mol. The van der Waals surface area contributed by atoms with E-state index in [1.165, 1.54) is 22.4 Å². The quantitative estimate of drug-likeness (QED) is 0.715. The Morgan fingerprint density at radius 1 is 1.14 bits per heavy atom. The molecule has 0 atom stereocenters. The Labute approximate surface area is 86.8 Å². The van der Waals surface area contributed by atoms with Crippen molar-refractivity contribution in [1.29, 1.82) is 0 Å². The maximum absolute atomic E-state index is 3.38. The Morgan fingerprint density at radius 2 is 1.71 bits per heavy atom. The average Bonchev–Trinajstić information content (AvgIpc) is 2.01. The van der Waals surface area contributed by atoms with Gasteiger partial charge in [0.25, 0.3) is 0 Å². The molecule has 0 saturated heterocycles. The van der Waals surface area contributed by atoms with Gasteiger partial charge in [0, 0.05) is 12.2 Å². The molecule has 1 heteroatoms. The molecule has 0 aliphatic heterocycles. The Balaban J connectivity index is 2.63. The predicted octanol–water partition coefficient (Wildman–Crippen LogP) is 3.68. The lowest BCUT2D eigenvalue weighted by molar-refractivity contribution is 1.25. The smallest absolute Gasteiger partial charge is 0.0347 e. The molecule has 0 unspecified atom stereocenters. The van der Waals surface area contributed by atoms with E-state index in [0.29, 0.717) is 0 Å². The molecule has 0 aromatic heterocycles. The molecule has 0 amide bonds. The Morgan fingerprint density at radius 3 is 2.21 bits per heavy atom. The second kappa shape index (κ2) is 4.85. The highest BCUT2D eigenvalue weighted by atomic mass is 14.9. The zero-order valence-corrected chi connectivity index (χ0v) is 9.52. The van der Waals surface area contributed by atoms with Crippen molar-refractivity contribution in [3.63, 3.8) is 0 Å². The summed E-state index contributed by atoms with van der Waals surface area (Å²) in [6.45, 7) is 9.38. The average molecular weight is 189 g/mol. The molecule has 14 heavy (non-hydrogen) atoms. The Bertz CT molecular complexity index is 313. The van der Waals surface area contributed by atoms with Gasteiger partial charge in [-0.05, 0) is 51.0 Å². The lowest BCUT2D eigenvalue weighted by atomic mass is 10.1. The molecular formula is C13H19N. The molecule has 1 aromatic rings. The number of allylic oxidation sites excluding steroid dienone is 1. The van der Waals surface area contributed by atoms with Gasteiger partial charge in [-0.1, -0.05) is 17.7 Å². The first-order chi connectivity index (χ1) is 6.58. The number of anilines is 1. The summed E-state index contributed by atoms with van der Waals surface area (Å²) in [5, 5.41) is 3.38. The molecule has 0 radical (unpaired) electrons. The van der Waals surface area contributed by atoms with E-state index in [1.54, 1.807) is 0 Å². The normalized spacial score (nSPS) is 9.71. The molecule has 1 rings (SSSR count). The first-order valence-corrected chi connectivity index (χ1v) is 5.03. The van der Waals surface area contributed by atoms with Gasteiger partial charge in [-0.3, -0.25) is 0 Å². The van der Waals surface area contributed by atoms with Gasteiger partial charge in [-0.15, -0.1) is 0 Å². The van der Waals surface area contributed by atoms with E-state index in [1.807, 2.05) is 0 Å². The molecule has 0 heterocycles. The molecule has 0 bridgehead atoms. The van der Waals surface area contributed by atoms with Crippen LogP contribution < -0.4 is 5.32 Å². The Hall–Kier alpha value is -1.24. The lowest BCUT2D eigenvalue weighted by Crippen LogP contribution is -1.99. The second-order valence-electron chi connectivity index (χ2n) is 4.04. The first-order valence-electron chi connectivity index (χ1n) is 5.03. The molecule has 1 N–H and O–H groups in total. The zero-order valence-electron chi connectivity index (χ0n) is 9.52. The topological polar surface area (TPSA) is 12.0 Å². The maximum Gasteiger partial charge on any atom is 0.0347 e. The predicted molar refractivity (Wildman–Crippen MR) is 63.8 cm³/mol. The molecule has 0 aliphatic carbocycles. The molecule has 0 aliphatic rings. The van der Waals surface area contributed by atoms with Crippen LogP contribution in [0.2, 0.25) is 0 Å². The highest BCUT2D eigenvalue weighted by molar-refractivity contribution is 5.48. The fourth-order valence-corrected chi connectivity index (χ4v) is 1.45. The van der Waals surface area contributed by atoms with Crippen molar-refractivity contribution in [2.45, 2.75) is 27.7 Å². The van der Waals surface area contributed by atoms with Gasteiger partial charge in [0.2, 0.25) is 0 Å². The maximum atomic E-state index is 3.38. The van der Waals surface area contributed by atoms with Crippen molar-refractivity contribution in [2.75, 3.05) is 11.9 Å². The second-order valence-corrected chi connectivity index (χ2v) is 4.04. The van der Waals surface area contributed by atoms with Crippen LogP contribution in [-0.4, -0.2) is 6.54 Å². The zero-order chi connectivity index (χ0) is 10.6. The molecule has 1 nitrogen and oxygen atoms in total. The van der Waals surface area contributed by atoms with Crippen LogP contribution in [0.15, 0.2) is 29.8 Å². The summed E-state index contributed by atoms with van der Waals surface area (Å²) in [7, 11) is 0. The van der Waals surface area contributed by atoms with Crippen LogP contribution in [0.4, 0.5) is 5.69 Å². The minimum atomic E-state index is 0.908. The van der Waals surface area contributed by atoms with Crippen molar-refractivity contribution in [3.05, 3.63) is 41.0 Å². The fourth-order valence-electron chi connectivity index (χ4n) is 1.45. The van der Waals surface area contributed by atoms with Crippen LogP contribution in [0, 0.1) is 13.8 Å². The molecule has 0 spiro atoms. The van der Waals surface area contributed by atoms with Crippen molar-refractivity contribution in [2.24, 2.45) is 0 Å². The number of hydrogen-bond donors (Lipinski definition) is 1. The minimum Gasteiger partial charge on any atom is -0.382 e. The van der Waals surface area contributed by atoms with Crippen molar-refractivity contribution in [3.8, 4) is 0 Å². The first kappa shape index (κ1) is 10.8. The van der Waals surface area contributed by atoms with Crippen LogP contribution in [0.25, 0.3) is 0 Å². The van der Waals surface area contributed by atoms with Crippen molar-refractivity contribution in [1.82, 2.24) is 0 Å². The van der Waals surface area contributed by atoms with Gasteiger partial charge in [0.15, 0.2) is 0 Å². The highest BCUT2D eigenvalue weighted by Gasteiger charge is 1.93. The fraction of sp³-hybridized carbons (Fsp3) is 0.385. The third-order valence-corrected chi connectivity index (χ3v) is 2.04. The SMILES string of the molecule is CC(C)=CCNc1cc(C)cc(C)c1. The van der Waals surface area contributed by atoms with Crippen LogP contribution in [0.3, 0.4) is 0 Å². The van der Waals surface area contributed by atoms with Gasteiger partial charge in [-0.25, -0.2) is 0 Å². The largest absolute Gasteiger partial charge is 0.382 e. The summed E-state index contributed by atoms with van der Waals surface area (Å²) >= 11 is 0. The van der Waals surface area contributed by atoms with Crippen LogP contribution in [-0.2, 0) is 0 Å². The highest BCUT2D eigenvalue weighted by Crippen LogP contribution is 2.13. The third kappa shape index (κ3) is 3.65. The van der Waals surface area contributed by atoms with E-state index in [0.717, 1.165) is 6.54 Å². The molecule has 0 saturated carbocycles. The van der Waals surface area contributed by atoms with Crippen LogP contribution in [0.5, 0.6) is 0 Å². The molecule has 1 aromatic carbocycles. The van der Waals surface area contributed by atoms with Gasteiger partial charge in [0.05, 0.1) is 0 Å². The summed E-state index contributed by atoms with van der Waals surface area (Å²) < 4.78 is 0. The van der Waals surface area contributed by atoms with Crippen LogP contribution in [0.1, 0.15) is 25.0 Å². The van der Waals surface area contributed by atoms with E-state index in [9.17, 15) is 0 Å². The van der Waals surface area contributed by atoms with Crippen molar-refractivity contribution >= 4 is 5.69 Å². The van der Waals surface area contributed by atoms with E-state index >= 15 is 0 Å². The lowest BCUT2D eigenvalue weighted by Gasteiger charge is -2.06. The van der Waals surface area contributed by atoms with Crippen molar-refractivity contribution < 1.29 is 0 Å². The minimum absolute atomic E-state index is 0.908. The van der Waals surface area contributed by atoms with Gasteiger partial charge >= 0.3 is 0 Å². The van der Waals surface area contributed by atoms with E-state index < -0.39 is 0 Å². The van der Waals surface area contributed by atoms with E-state index in [2.05, 4.69) is 57.3 Å². The summed E-state index contributed by atoms with van der Waals surface area (Å²) in [5.74, 6) is 0. The summed E-state index contributed by atoms with van der Waals surface area (Å²) in [5.41, 5.74) is 5.18. The molecule has 0 fully saturated rings. The number of hydrogen-bond acceptors (Lipinski definition) is 1. The van der Waals surface area contributed by atoms with Gasteiger partial charge in [-0.2, -0.15) is 0 Å². The summed E-state index contributed by atoms with van der Waals surface area (Å²) in [4.78, 5) is 0. The number of benzene rings is 1. The summed E-state index contributed by atoms with van der Waals surface area (Å²) in [6, 6.07) is 6.53. The van der Waals surface area contributed by atoms with Crippen LogP contribution >= 0.6 is 0 Å². The van der Waals surface area contributed by atoms with E-state index in [4.69, 9.17) is 0 Å². The third-order valence-electron chi connectivity index (χ3n) is 2.04. The van der Waals surface area contributed by atoms with Gasteiger partial charge in [0.1, 0.15) is 0 Å².